The zero-order valence-corrected chi connectivity index (χ0v) is 8.43. The number of aromatic nitrogens is 2. The van der Waals surface area contributed by atoms with Gasteiger partial charge in [-0.15, -0.1) is 0 Å². The molecule has 0 saturated heterocycles. The summed E-state index contributed by atoms with van der Waals surface area (Å²) in [5.41, 5.74) is 0. The van der Waals surface area contributed by atoms with Gasteiger partial charge in [0.2, 0.25) is 0 Å². The van der Waals surface area contributed by atoms with Crippen LogP contribution in [0.1, 0.15) is 20.3 Å². The van der Waals surface area contributed by atoms with Crippen LogP contribution < -0.4 is 4.72 Å². The highest BCUT2D eigenvalue weighted by molar-refractivity contribution is 7.89. The van der Waals surface area contributed by atoms with Crippen LogP contribution in [-0.2, 0) is 10.0 Å². The van der Waals surface area contributed by atoms with Crippen LogP contribution in [0.25, 0.3) is 0 Å². The van der Waals surface area contributed by atoms with E-state index in [1.165, 1.54) is 12.5 Å². The molecule has 1 rings (SSSR count). The van der Waals surface area contributed by atoms with Crippen molar-refractivity contribution >= 4 is 10.0 Å². The number of sulfonamides is 1. The minimum absolute atomic E-state index is 0.0618. The highest BCUT2D eigenvalue weighted by atomic mass is 32.2. The van der Waals surface area contributed by atoms with Gasteiger partial charge >= 0.3 is 0 Å². The summed E-state index contributed by atoms with van der Waals surface area (Å²) in [5, 5.41) is 0.104. The average Bonchev–Trinajstić information content (AvgIpc) is 2.55. The van der Waals surface area contributed by atoms with E-state index in [2.05, 4.69) is 14.7 Å². The van der Waals surface area contributed by atoms with Crippen molar-refractivity contribution in [2.24, 2.45) is 0 Å². The molecular weight excluding hydrogens is 190 g/mol. The summed E-state index contributed by atoms with van der Waals surface area (Å²) >= 11 is 0. The average molecular weight is 203 g/mol. The van der Waals surface area contributed by atoms with Gasteiger partial charge in [0.05, 0.1) is 12.5 Å². The lowest BCUT2D eigenvalue weighted by Crippen LogP contribution is -2.32. The minimum atomic E-state index is -3.40. The van der Waals surface area contributed by atoms with Crippen LogP contribution in [0.5, 0.6) is 0 Å². The van der Waals surface area contributed by atoms with Crippen LogP contribution >= 0.6 is 0 Å². The second kappa shape index (κ2) is 3.89. The Kier molecular flexibility index (Phi) is 3.05. The first kappa shape index (κ1) is 10.2. The molecule has 5 nitrogen and oxygen atoms in total. The zero-order valence-electron chi connectivity index (χ0n) is 7.61. The van der Waals surface area contributed by atoms with Crippen molar-refractivity contribution in [1.29, 1.82) is 0 Å². The molecular formula is C7H13N3O2S. The van der Waals surface area contributed by atoms with Crippen LogP contribution in [-0.4, -0.2) is 24.4 Å². The van der Waals surface area contributed by atoms with Gasteiger partial charge in [-0.3, -0.25) is 0 Å². The number of hydrogen-bond acceptors (Lipinski definition) is 3. The predicted octanol–water partition coefficient (Wildman–Crippen LogP) is 0.487. The summed E-state index contributed by atoms with van der Waals surface area (Å²) in [6.07, 6.45) is 3.38. The second-order valence-electron chi connectivity index (χ2n) is 2.85. The van der Waals surface area contributed by atoms with Gasteiger partial charge in [0, 0.05) is 6.04 Å². The highest BCUT2D eigenvalue weighted by Crippen LogP contribution is 2.03. The van der Waals surface area contributed by atoms with Crippen molar-refractivity contribution in [2.45, 2.75) is 31.3 Å². The lowest BCUT2D eigenvalue weighted by atomic mass is 10.3. The summed E-state index contributed by atoms with van der Waals surface area (Å²) in [7, 11) is -3.40. The molecule has 0 aliphatic heterocycles. The van der Waals surface area contributed by atoms with E-state index in [1.54, 1.807) is 0 Å². The Morgan fingerprint density at radius 3 is 2.85 bits per heavy atom. The first-order valence-electron chi connectivity index (χ1n) is 4.07. The molecule has 1 aromatic rings. The maximum Gasteiger partial charge on any atom is 0.257 e. The third-order valence-corrected chi connectivity index (χ3v) is 3.25. The molecule has 0 spiro atoms. The van der Waals surface area contributed by atoms with Crippen molar-refractivity contribution < 1.29 is 8.42 Å². The summed E-state index contributed by atoms with van der Waals surface area (Å²) in [5.74, 6) is 0. The first-order valence-corrected chi connectivity index (χ1v) is 5.55. The number of rotatable bonds is 4. The second-order valence-corrected chi connectivity index (χ2v) is 4.53. The fourth-order valence-electron chi connectivity index (χ4n) is 0.802. The molecule has 0 fully saturated rings. The van der Waals surface area contributed by atoms with Gasteiger partial charge in [0.15, 0.2) is 5.03 Å². The Labute approximate surface area is 77.6 Å². The lowest BCUT2D eigenvalue weighted by molar-refractivity contribution is 0.553. The van der Waals surface area contributed by atoms with Crippen LogP contribution in [0.2, 0.25) is 0 Å². The molecule has 1 aromatic heterocycles. The normalized spacial score (nSPS) is 14.3. The molecule has 0 bridgehead atoms. The van der Waals surface area contributed by atoms with E-state index in [-0.39, 0.29) is 11.1 Å². The van der Waals surface area contributed by atoms with Gasteiger partial charge in [-0.1, -0.05) is 6.92 Å². The maximum atomic E-state index is 11.5. The Bertz CT molecular complexity index is 344. The summed E-state index contributed by atoms with van der Waals surface area (Å²) in [6.45, 7) is 3.73. The molecule has 1 heterocycles. The fourth-order valence-corrected chi connectivity index (χ4v) is 2.03. The van der Waals surface area contributed by atoms with Gasteiger partial charge in [-0.2, -0.15) is 0 Å². The van der Waals surface area contributed by atoms with Crippen molar-refractivity contribution in [3.05, 3.63) is 12.5 Å². The first-order chi connectivity index (χ1) is 6.06. The van der Waals surface area contributed by atoms with Crippen LogP contribution in [0.15, 0.2) is 17.6 Å². The van der Waals surface area contributed by atoms with Crippen LogP contribution in [0, 0.1) is 0 Å². The van der Waals surface area contributed by atoms with Crippen molar-refractivity contribution in [3.8, 4) is 0 Å². The lowest BCUT2D eigenvalue weighted by Gasteiger charge is -2.09. The minimum Gasteiger partial charge on any atom is -0.335 e. The van der Waals surface area contributed by atoms with E-state index in [0.29, 0.717) is 0 Å². The van der Waals surface area contributed by atoms with E-state index >= 15 is 0 Å². The molecule has 1 atom stereocenters. The van der Waals surface area contributed by atoms with E-state index < -0.39 is 10.0 Å². The monoisotopic (exact) mass is 203 g/mol. The molecule has 2 N–H and O–H groups in total. The highest BCUT2D eigenvalue weighted by Gasteiger charge is 2.17. The molecule has 0 radical (unpaired) electrons. The zero-order chi connectivity index (χ0) is 9.90. The van der Waals surface area contributed by atoms with Crippen molar-refractivity contribution in [1.82, 2.24) is 14.7 Å². The SMILES string of the molecule is CCC(C)NS(=O)(=O)c1cnc[nH]1. The van der Waals surface area contributed by atoms with E-state index in [4.69, 9.17) is 0 Å². The number of nitrogens with zero attached hydrogens (tertiary/aromatic N) is 1. The molecule has 0 amide bonds. The van der Waals surface area contributed by atoms with Crippen molar-refractivity contribution in [2.75, 3.05) is 0 Å². The molecule has 13 heavy (non-hydrogen) atoms. The Morgan fingerprint density at radius 1 is 1.69 bits per heavy atom. The number of imidazole rings is 1. The molecule has 0 aliphatic carbocycles. The van der Waals surface area contributed by atoms with Gasteiger partial charge in [0.25, 0.3) is 10.0 Å². The van der Waals surface area contributed by atoms with Crippen molar-refractivity contribution in [3.63, 3.8) is 0 Å². The summed E-state index contributed by atoms with van der Waals surface area (Å²) in [4.78, 5) is 6.19. The largest absolute Gasteiger partial charge is 0.335 e. The van der Waals surface area contributed by atoms with Crippen LogP contribution in [0.3, 0.4) is 0 Å². The summed E-state index contributed by atoms with van der Waals surface area (Å²) in [6, 6.07) is -0.0618. The van der Waals surface area contributed by atoms with Gasteiger partial charge in [-0.05, 0) is 13.3 Å². The van der Waals surface area contributed by atoms with E-state index in [1.807, 2.05) is 13.8 Å². The number of nitrogens with one attached hydrogen (secondary N) is 2. The van der Waals surface area contributed by atoms with Gasteiger partial charge in [0.1, 0.15) is 0 Å². The van der Waals surface area contributed by atoms with E-state index in [9.17, 15) is 8.42 Å². The third-order valence-electron chi connectivity index (χ3n) is 1.73. The van der Waals surface area contributed by atoms with Gasteiger partial charge in [-0.25, -0.2) is 18.1 Å². The number of H-pyrrole nitrogens is 1. The fraction of sp³-hybridized carbons (Fsp3) is 0.571. The molecule has 0 aromatic carbocycles. The van der Waals surface area contributed by atoms with Crippen LogP contribution in [0.4, 0.5) is 0 Å². The molecule has 1 unspecified atom stereocenters. The maximum absolute atomic E-state index is 11.5. The summed E-state index contributed by atoms with van der Waals surface area (Å²) < 4.78 is 25.5. The molecule has 0 saturated carbocycles. The number of aromatic amines is 1. The predicted molar refractivity (Wildman–Crippen MR) is 48.7 cm³/mol. The standard InChI is InChI=1S/C7H13N3O2S/c1-3-6(2)10-13(11,12)7-4-8-5-9-7/h4-6,10H,3H2,1-2H3,(H,8,9). The Balaban J connectivity index is 2.79. The molecule has 6 heteroatoms. The third kappa shape index (κ3) is 2.53. The van der Waals surface area contributed by atoms with E-state index in [0.717, 1.165) is 6.42 Å². The molecule has 74 valence electrons. The molecule has 0 aliphatic rings. The topological polar surface area (TPSA) is 74.8 Å². The Hall–Kier alpha value is -0.880. The quantitative estimate of drug-likeness (QED) is 0.747. The smallest absolute Gasteiger partial charge is 0.257 e. The Morgan fingerprint density at radius 2 is 2.38 bits per heavy atom. The number of hydrogen-bond donors (Lipinski definition) is 2. The van der Waals surface area contributed by atoms with Gasteiger partial charge < -0.3 is 4.98 Å².